The van der Waals surface area contributed by atoms with Crippen LogP contribution in [0.5, 0.6) is 0 Å². The standard InChI is InChI=1S/C9H8ClN3O/c1-5-12-9(13-14-5)7-4-6(10)2-3-8(7)11/h2-4H,11H2,1H3. The molecule has 0 radical (unpaired) electrons. The fourth-order valence-electron chi connectivity index (χ4n) is 1.13. The van der Waals surface area contributed by atoms with Crippen LogP contribution in [0.25, 0.3) is 11.4 Å². The van der Waals surface area contributed by atoms with Crippen LogP contribution in [0.4, 0.5) is 5.69 Å². The van der Waals surface area contributed by atoms with Gasteiger partial charge in [-0.3, -0.25) is 0 Å². The maximum absolute atomic E-state index is 5.83. The second-order valence-electron chi connectivity index (χ2n) is 2.87. The van der Waals surface area contributed by atoms with E-state index in [-0.39, 0.29) is 0 Å². The van der Waals surface area contributed by atoms with Gasteiger partial charge in [-0.25, -0.2) is 0 Å². The van der Waals surface area contributed by atoms with E-state index in [9.17, 15) is 0 Å². The van der Waals surface area contributed by atoms with E-state index in [2.05, 4.69) is 10.1 Å². The zero-order valence-electron chi connectivity index (χ0n) is 7.49. The normalized spacial score (nSPS) is 10.4. The number of rotatable bonds is 1. The molecule has 72 valence electrons. The molecule has 0 fully saturated rings. The lowest BCUT2D eigenvalue weighted by atomic mass is 10.2. The van der Waals surface area contributed by atoms with Gasteiger partial charge >= 0.3 is 0 Å². The molecule has 2 N–H and O–H groups in total. The highest BCUT2D eigenvalue weighted by Crippen LogP contribution is 2.26. The summed E-state index contributed by atoms with van der Waals surface area (Å²) in [5, 5.41) is 4.36. The Morgan fingerprint density at radius 1 is 1.43 bits per heavy atom. The fraction of sp³-hybridized carbons (Fsp3) is 0.111. The van der Waals surface area contributed by atoms with E-state index in [0.717, 1.165) is 0 Å². The van der Waals surface area contributed by atoms with Gasteiger partial charge in [-0.05, 0) is 18.2 Å². The van der Waals surface area contributed by atoms with Crippen LogP contribution < -0.4 is 5.73 Å². The van der Waals surface area contributed by atoms with Gasteiger partial charge in [-0.2, -0.15) is 4.98 Å². The van der Waals surface area contributed by atoms with Gasteiger partial charge < -0.3 is 10.3 Å². The van der Waals surface area contributed by atoms with Crippen LogP contribution in [0.2, 0.25) is 5.02 Å². The quantitative estimate of drug-likeness (QED) is 0.732. The monoisotopic (exact) mass is 209 g/mol. The number of aryl methyl sites for hydroxylation is 1. The number of nitrogens with zero attached hydrogens (tertiary/aromatic N) is 2. The maximum atomic E-state index is 5.83. The van der Waals surface area contributed by atoms with Gasteiger partial charge in [0.2, 0.25) is 11.7 Å². The molecule has 4 nitrogen and oxygen atoms in total. The lowest BCUT2D eigenvalue weighted by Gasteiger charge is -2.00. The number of hydrogen-bond donors (Lipinski definition) is 1. The first-order chi connectivity index (χ1) is 6.66. The van der Waals surface area contributed by atoms with Crippen LogP contribution in [0, 0.1) is 6.92 Å². The maximum Gasteiger partial charge on any atom is 0.223 e. The third-order valence-electron chi connectivity index (χ3n) is 1.78. The van der Waals surface area contributed by atoms with Crippen molar-refractivity contribution in [2.24, 2.45) is 0 Å². The highest BCUT2D eigenvalue weighted by Gasteiger charge is 2.09. The van der Waals surface area contributed by atoms with Crippen LogP contribution in [0.1, 0.15) is 5.89 Å². The van der Waals surface area contributed by atoms with Gasteiger partial charge in [0.05, 0.1) is 0 Å². The largest absolute Gasteiger partial charge is 0.398 e. The van der Waals surface area contributed by atoms with E-state index in [4.69, 9.17) is 21.9 Å². The number of nitrogen functional groups attached to an aromatic ring is 1. The summed E-state index contributed by atoms with van der Waals surface area (Å²) in [4.78, 5) is 4.07. The summed E-state index contributed by atoms with van der Waals surface area (Å²) in [5.41, 5.74) is 7.02. The molecule has 1 heterocycles. The Bertz CT molecular complexity index is 467. The number of aromatic nitrogens is 2. The Hall–Kier alpha value is -1.55. The molecule has 0 aliphatic carbocycles. The van der Waals surface area contributed by atoms with Gasteiger partial charge in [0.1, 0.15) is 0 Å². The summed E-state index contributed by atoms with van der Waals surface area (Å²) in [7, 11) is 0. The minimum absolute atomic E-state index is 0.461. The first kappa shape index (κ1) is 9.02. The molecule has 0 saturated carbocycles. The molecule has 0 aliphatic heterocycles. The summed E-state index contributed by atoms with van der Waals surface area (Å²) >= 11 is 5.83. The second kappa shape index (κ2) is 3.31. The number of benzene rings is 1. The first-order valence-electron chi connectivity index (χ1n) is 4.02. The van der Waals surface area contributed by atoms with E-state index < -0.39 is 0 Å². The Labute approximate surface area is 85.7 Å². The topological polar surface area (TPSA) is 64.9 Å². The lowest BCUT2D eigenvalue weighted by Crippen LogP contribution is -1.91. The summed E-state index contributed by atoms with van der Waals surface area (Å²) in [6, 6.07) is 5.14. The molecule has 1 aromatic carbocycles. The molecule has 0 amide bonds. The summed E-state index contributed by atoms with van der Waals surface area (Å²) in [6.07, 6.45) is 0. The number of nitrogens with two attached hydrogens (primary N) is 1. The molecule has 2 aromatic rings. The van der Waals surface area contributed by atoms with Gasteiger partial charge in [-0.1, -0.05) is 16.8 Å². The van der Waals surface area contributed by atoms with Gasteiger partial charge in [0.25, 0.3) is 0 Å². The zero-order valence-corrected chi connectivity index (χ0v) is 8.25. The molecule has 0 atom stereocenters. The van der Waals surface area contributed by atoms with Gasteiger partial charge in [0.15, 0.2) is 0 Å². The third kappa shape index (κ3) is 1.56. The van der Waals surface area contributed by atoms with Gasteiger partial charge in [-0.15, -0.1) is 0 Å². The first-order valence-corrected chi connectivity index (χ1v) is 4.40. The van der Waals surface area contributed by atoms with Crippen molar-refractivity contribution in [2.75, 3.05) is 5.73 Å². The molecule has 1 aromatic heterocycles. The van der Waals surface area contributed by atoms with Crippen LogP contribution in [-0.2, 0) is 0 Å². The summed E-state index contributed by atoms with van der Waals surface area (Å²) in [5.74, 6) is 0.960. The molecule has 2 rings (SSSR count). The Morgan fingerprint density at radius 3 is 2.86 bits per heavy atom. The minimum Gasteiger partial charge on any atom is -0.398 e. The second-order valence-corrected chi connectivity index (χ2v) is 3.31. The van der Waals surface area contributed by atoms with Crippen molar-refractivity contribution in [1.29, 1.82) is 0 Å². The van der Waals surface area contributed by atoms with Crippen molar-refractivity contribution in [1.82, 2.24) is 10.1 Å². The molecule has 0 bridgehead atoms. The number of anilines is 1. The Kier molecular flexibility index (Phi) is 2.13. The van der Waals surface area contributed by atoms with Crippen molar-refractivity contribution >= 4 is 17.3 Å². The predicted molar refractivity (Wildman–Crippen MR) is 53.9 cm³/mol. The van der Waals surface area contributed by atoms with Crippen molar-refractivity contribution in [3.8, 4) is 11.4 Å². The zero-order chi connectivity index (χ0) is 10.1. The van der Waals surface area contributed by atoms with E-state index in [1.54, 1.807) is 25.1 Å². The Morgan fingerprint density at radius 2 is 2.21 bits per heavy atom. The highest BCUT2D eigenvalue weighted by molar-refractivity contribution is 6.31. The fourth-order valence-corrected chi connectivity index (χ4v) is 1.30. The molecular weight excluding hydrogens is 202 g/mol. The summed E-state index contributed by atoms with van der Waals surface area (Å²) < 4.78 is 4.85. The molecule has 0 unspecified atom stereocenters. The van der Waals surface area contributed by atoms with Crippen molar-refractivity contribution in [3.63, 3.8) is 0 Å². The summed E-state index contributed by atoms with van der Waals surface area (Å²) in [6.45, 7) is 1.72. The van der Waals surface area contributed by atoms with E-state index >= 15 is 0 Å². The van der Waals surface area contributed by atoms with E-state index in [1.165, 1.54) is 0 Å². The molecular formula is C9H8ClN3O. The SMILES string of the molecule is Cc1nc(-c2cc(Cl)ccc2N)no1. The number of hydrogen-bond acceptors (Lipinski definition) is 4. The number of halogens is 1. The molecule has 14 heavy (non-hydrogen) atoms. The average molecular weight is 210 g/mol. The lowest BCUT2D eigenvalue weighted by molar-refractivity contribution is 0.394. The minimum atomic E-state index is 0.461. The molecule has 0 spiro atoms. The van der Waals surface area contributed by atoms with E-state index in [0.29, 0.717) is 28.0 Å². The van der Waals surface area contributed by atoms with Crippen LogP contribution >= 0.6 is 11.6 Å². The smallest absolute Gasteiger partial charge is 0.223 e. The molecule has 0 aliphatic rings. The van der Waals surface area contributed by atoms with Crippen LogP contribution in [-0.4, -0.2) is 10.1 Å². The molecule has 5 heteroatoms. The highest BCUT2D eigenvalue weighted by atomic mass is 35.5. The third-order valence-corrected chi connectivity index (χ3v) is 2.02. The van der Waals surface area contributed by atoms with E-state index in [1.807, 2.05) is 0 Å². The Balaban J connectivity index is 2.55. The van der Waals surface area contributed by atoms with Crippen LogP contribution in [0.15, 0.2) is 22.7 Å². The van der Waals surface area contributed by atoms with Crippen molar-refractivity contribution in [3.05, 3.63) is 29.1 Å². The van der Waals surface area contributed by atoms with Crippen molar-refractivity contribution < 1.29 is 4.52 Å². The predicted octanol–water partition coefficient (Wildman–Crippen LogP) is 2.28. The van der Waals surface area contributed by atoms with Gasteiger partial charge in [0, 0.05) is 23.2 Å². The van der Waals surface area contributed by atoms with Crippen molar-refractivity contribution in [2.45, 2.75) is 6.92 Å². The average Bonchev–Trinajstić information content (AvgIpc) is 2.56. The molecule has 0 saturated heterocycles. The van der Waals surface area contributed by atoms with Crippen LogP contribution in [0.3, 0.4) is 0 Å².